The molecule has 174 valence electrons. The average molecular weight is 481 g/mol. The zero-order chi connectivity index (χ0) is 24.1. The number of ether oxygens (including phenoxy) is 1. The third-order valence-corrected chi connectivity index (χ3v) is 5.10. The van der Waals surface area contributed by atoms with Gasteiger partial charge in [-0.25, -0.2) is 10.1 Å². The molecule has 0 unspecified atom stereocenters. The number of nitrogens with one attached hydrogen (secondary N) is 1. The zero-order valence-electron chi connectivity index (χ0n) is 18.4. The van der Waals surface area contributed by atoms with Gasteiger partial charge in [0.1, 0.15) is 11.4 Å². The van der Waals surface area contributed by atoms with Crippen molar-refractivity contribution >= 4 is 29.0 Å². The molecular formula is C22H21ClN8O3. The van der Waals surface area contributed by atoms with Crippen molar-refractivity contribution in [3.8, 4) is 22.8 Å². The lowest BCUT2D eigenvalue weighted by molar-refractivity contribution is 0.0950. The number of hydrogen-bond acceptors (Lipinski definition) is 9. The lowest BCUT2D eigenvalue weighted by Crippen LogP contribution is -2.21. The van der Waals surface area contributed by atoms with Crippen molar-refractivity contribution in [1.29, 1.82) is 0 Å². The first-order valence-corrected chi connectivity index (χ1v) is 10.7. The standard InChI is InChI=1S/C22H21ClN8O3/c1-3-12-33-15-10-8-14(9-11-15)19-18(26-30-31(19)21-20(24)28-34-29-21)22(32)27-25-13(2)16-6-4-5-7-17(16)23/h4-11H,3,12H2,1-2H3,(H2,24,28)(H,27,32)/b25-13+. The Balaban J connectivity index is 1.69. The van der Waals surface area contributed by atoms with Crippen LogP contribution in [0.4, 0.5) is 5.82 Å². The molecule has 0 radical (unpaired) electrons. The first kappa shape index (κ1) is 22.9. The van der Waals surface area contributed by atoms with E-state index in [-0.39, 0.29) is 17.3 Å². The molecule has 2 aromatic heterocycles. The minimum atomic E-state index is -0.589. The van der Waals surface area contributed by atoms with Crippen molar-refractivity contribution in [3.05, 3.63) is 64.8 Å². The number of carbonyl (C=O) groups excluding carboxylic acids is 1. The summed E-state index contributed by atoms with van der Waals surface area (Å²) in [6.45, 7) is 4.35. The summed E-state index contributed by atoms with van der Waals surface area (Å²) in [6, 6.07) is 14.3. The van der Waals surface area contributed by atoms with E-state index in [0.717, 1.165) is 6.42 Å². The van der Waals surface area contributed by atoms with Gasteiger partial charge in [-0.1, -0.05) is 41.9 Å². The predicted octanol–water partition coefficient (Wildman–Crippen LogP) is 3.50. The van der Waals surface area contributed by atoms with Crippen LogP contribution < -0.4 is 15.9 Å². The second kappa shape index (κ2) is 10.1. The van der Waals surface area contributed by atoms with Gasteiger partial charge in [0.15, 0.2) is 5.69 Å². The van der Waals surface area contributed by atoms with E-state index < -0.39 is 5.91 Å². The highest BCUT2D eigenvalue weighted by Crippen LogP contribution is 2.28. The van der Waals surface area contributed by atoms with E-state index >= 15 is 0 Å². The summed E-state index contributed by atoms with van der Waals surface area (Å²) in [7, 11) is 0. The molecule has 2 aromatic carbocycles. The van der Waals surface area contributed by atoms with Gasteiger partial charge in [0.2, 0.25) is 11.6 Å². The summed E-state index contributed by atoms with van der Waals surface area (Å²) in [5.41, 5.74) is 10.5. The van der Waals surface area contributed by atoms with Gasteiger partial charge in [-0.2, -0.15) is 9.78 Å². The summed E-state index contributed by atoms with van der Waals surface area (Å²) in [5, 5.41) is 20.1. The van der Waals surface area contributed by atoms with Crippen LogP contribution in [0.5, 0.6) is 5.75 Å². The summed E-state index contributed by atoms with van der Waals surface area (Å²) in [4.78, 5) is 13.1. The van der Waals surface area contributed by atoms with Crippen LogP contribution in [0.15, 0.2) is 58.3 Å². The van der Waals surface area contributed by atoms with Crippen molar-refractivity contribution < 1.29 is 14.2 Å². The lowest BCUT2D eigenvalue weighted by atomic mass is 10.1. The van der Waals surface area contributed by atoms with E-state index in [9.17, 15) is 4.79 Å². The van der Waals surface area contributed by atoms with E-state index in [4.69, 9.17) is 26.7 Å². The number of carbonyl (C=O) groups is 1. The molecule has 2 heterocycles. The molecule has 4 rings (SSSR count). The fraction of sp³-hybridized carbons (Fsp3) is 0.182. The molecule has 4 aromatic rings. The number of anilines is 1. The van der Waals surface area contributed by atoms with Crippen LogP contribution in [0.2, 0.25) is 5.02 Å². The fourth-order valence-electron chi connectivity index (χ4n) is 3.11. The van der Waals surface area contributed by atoms with Crippen LogP contribution in [-0.2, 0) is 0 Å². The molecule has 0 spiro atoms. The smallest absolute Gasteiger partial charge is 0.294 e. The maximum absolute atomic E-state index is 13.1. The van der Waals surface area contributed by atoms with Gasteiger partial charge >= 0.3 is 0 Å². The lowest BCUT2D eigenvalue weighted by Gasteiger charge is -2.08. The molecule has 0 saturated carbocycles. The third-order valence-electron chi connectivity index (χ3n) is 4.77. The Labute approximate surface area is 199 Å². The van der Waals surface area contributed by atoms with Crippen LogP contribution in [0, 0.1) is 0 Å². The van der Waals surface area contributed by atoms with E-state index in [2.05, 4.69) is 31.2 Å². The van der Waals surface area contributed by atoms with Crippen molar-refractivity contribution in [2.75, 3.05) is 12.3 Å². The summed E-state index contributed by atoms with van der Waals surface area (Å²) >= 11 is 6.21. The summed E-state index contributed by atoms with van der Waals surface area (Å²) < 4.78 is 11.6. The highest BCUT2D eigenvalue weighted by Gasteiger charge is 2.25. The zero-order valence-corrected chi connectivity index (χ0v) is 19.2. The molecule has 0 aliphatic rings. The molecule has 11 nitrogen and oxygen atoms in total. The number of nitrogen functional groups attached to an aromatic ring is 1. The van der Waals surface area contributed by atoms with Crippen LogP contribution in [0.1, 0.15) is 36.3 Å². The van der Waals surface area contributed by atoms with E-state index in [1.54, 1.807) is 43.3 Å². The summed E-state index contributed by atoms with van der Waals surface area (Å²) in [6.07, 6.45) is 0.884. The molecular weight excluding hydrogens is 460 g/mol. The molecule has 0 saturated heterocycles. The summed E-state index contributed by atoms with van der Waals surface area (Å²) in [5.74, 6) is 0.199. The maximum atomic E-state index is 13.1. The van der Waals surface area contributed by atoms with E-state index in [1.807, 2.05) is 19.1 Å². The molecule has 12 heteroatoms. The third kappa shape index (κ3) is 4.74. The number of hydrazone groups is 1. The van der Waals surface area contributed by atoms with E-state index in [1.165, 1.54) is 4.68 Å². The number of nitrogens with two attached hydrogens (primary N) is 1. The Morgan fingerprint density at radius 3 is 2.65 bits per heavy atom. The maximum Gasteiger partial charge on any atom is 0.294 e. The average Bonchev–Trinajstić information content (AvgIpc) is 3.47. The SMILES string of the molecule is CCCOc1ccc(-c2c(C(=O)N/N=C(\C)c3ccccc3Cl)nnn2-c2nonc2N)cc1. The minimum Gasteiger partial charge on any atom is -0.494 e. The number of amides is 1. The highest BCUT2D eigenvalue weighted by molar-refractivity contribution is 6.34. The van der Waals surface area contributed by atoms with Gasteiger partial charge in [-0.3, -0.25) is 4.79 Å². The molecule has 1 amide bonds. The number of benzene rings is 2. The number of hydrogen-bond donors (Lipinski definition) is 2. The Morgan fingerprint density at radius 1 is 1.21 bits per heavy atom. The Morgan fingerprint density at radius 2 is 1.97 bits per heavy atom. The molecule has 0 fully saturated rings. The topological polar surface area (TPSA) is 146 Å². The van der Waals surface area contributed by atoms with Gasteiger partial charge in [-0.15, -0.1) is 5.10 Å². The Kier molecular flexibility index (Phi) is 6.83. The van der Waals surface area contributed by atoms with Crippen molar-refractivity contribution in [2.45, 2.75) is 20.3 Å². The van der Waals surface area contributed by atoms with Crippen molar-refractivity contribution in [1.82, 2.24) is 30.7 Å². The second-order valence-corrected chi connectivity index (χ2v) is 7.57. The Bertz CT molecular complexity index is 1330. The quantitative estimate of drug-likeness (QED) is 0.287. The molecule has 0 aliphatic heterocycles. The Hall–Kier alpha value is -4.25. The monoisotopic (exact) mass is 480 g/mol. The first-order chi connectivity index (χ1) is 16.5. The highest BCUT2D eigenvalue weighted by atomic mass is 35.5. The van der Waals surface area contributed by atoms with E-state index in [0.29, 0.717) is 39.9 Å². The van der Waals surface area contributed by atoms with Gasteiger partial charge < -0.3 is 10.5 Å². The van der Waals surface area contributed by atoms with Crippen LogP contribution in [0.25, 0.3) is 17.1 Å². The molecule has 3 N–H and O–H groups in total. The normalized spacial score (nSPS) is 11.4. The van der Waals surface area contributed by atoms with Gasteiger partial charge in [0, 0.05) is 16.1 Å². The van der Waals surface area contributed by atoms with Crippen molar-refractivity contribution in [2.24, 2.45) is 5.10 Å². The van der Waals surface area contributed by atoms with Gasteiger partial charge in [0.25, 0.3) is 5.91 Å². The fourth-order valence-corrected chi connectivity index (χ4v) is 3.38. The minimum absolute atomic E-state index is 0.000310. The molecule has 0 aliphatic carbocycles. The number of nitrogens with zero attached hydrogens (tertiary/aromatic N) is 6. The van der Waals surface area contributed by atoms with Gasteiger partial charge in [-0.05, 0) is 54.0 Å². The number of rotatable bonds is 8. The first-order valence-electron chi connectivity index (χ1n) is 10.4. The van der Waals surface area contributed by atoms with Crippen LogP contribution in [0.3, 0.4) is 0 Å². The van der Waals surface area contributed by atoms with Crippen molar-refractivity contribution in [3.63, 3.8) is 0 Å². The number of aromatic nitrogens is 5. The van der Waals surface area contributed by atoms with Crippen LogP contribution in [-0.4, -0.2) is 43.5 Å². The molecule has 0 atom stereocenters. The second-order valence-electron chi connectivity index (χ2n) is 7.16. The largest absolute Gasteiger partial charge is 0.494 e. The predicted molar refractivity (Wildman–Crippen MR) is 126 cm³/mol. The van der Waals surface area contributed by atoms with Gasteiger partial charge in [0.05, 0.1) is 12.3 Å². The van der Waals surface area contributed by atoms with Crippen LogP contribution >= 0.6 is 11.6 Å². The number of halogens is 1. The molecule has 0 bridgehead atoms. The molecule has 34 heavy (non-hydrogen) atoms.